The topological polar surface area (TPSA) is 221 Å². The molecule has 0 radical (unpaired) electrons. The third-order valence-corrected chi connectivity index (χ3v) is 24.1. The third-order valence-electron chi connectivity index (χ3n) is 22.9. The summed E-state index contributed by atoms with van der Waals surface area (Å²) in [5.74, 6) is 4.47. The summed E-state index contributed by atoms with van der Waals surface area (Å²) < 4.78 is 58.1. The minimum Gasteiger partial charge on any atom is -0.748 e. The van der Waals surface area contributed by atoms with Crippen molar-refractivity contribution >= 4 is 32.9 Å². The number of rotatable bonds is 9. The third kappa shape index (κ3) is 12.1. The van der Waals surface area contributed by atoms with E-state index in [2.05, 4.69) is 91.6 Å². The van der Waals surface area contributed by atoms with Gasteiger partial charge in [-0.15, -0.1) is 0 Å². The fourth-order valence-electron chi connectivity index (χ4n) is 18.5. The largest absolute Gasteiger partial charge is 1.00 e. The first-order chi connectivity index (χ1) is 44.5. The van der Waals surface area contributed by atoms with Gasteiger partial charge >= 0.3 is 29.6 Å². The zero-order valence-corrected chi connectivity index (χ0v) is 56.0. The molecule has 15 unspecified atom stereocenters. The van der Waals surface area contributed by atoms with E-state index in [9.17, 15) is 33.4 Å². The van der Waals surface area contributed by atoms with Crippen molar-refractivity contribution in [3.05, 3.63) is 230 Å². The quantitative estimate of drug-likeness (QED) is 0.0199. The molecule has 1 saturated carbocycles. The number of allylic oxidation sites excluding steroid dienone is 1. The predicted molar refractivity (Wildman–Crippen MR) is 358 cm³/mol. The van der Waals surface area contributed by atoms with Gasteiger partial charge in [-0.3, -0.25) is 0 Å². The number of aliphatic imine (C=N–C) groups is 1. The average Bonchev–Trinajstić information content (AvgIpc) is 1.65. The van der Waals surface area contributed by atoms with E-state index in [1.54, 1.807) is 12.1 Å². The number of aryl methyl sites for hydroxylation is 3. The first-order valence-corrected chi connectivity index (χ1v) is 35.0. The Morgan fingerprint density at radius 1 is 0.839 bits per heavy atom. The molecule has 10 aliphatic rings. The number of hydrogen-bond donors (Lipinski definition) is 6. The molecule has 5 heterocycles. The molecule has 14 heteroatoms. The number of aliphatic hydroxyl groups is 3. The summed E-state index contributed by atoms with van der Waals surface area (Å²) in [6.07, 6.45) is 13.2. The van der Waals surface area contributed by atoms with Crippen molar-refractivity contribution in [1.82, 2.24) is 0 Å². The number of guanidine groups is 1. The number of ether oxygens (including phenoxy) is 2. The van der Waals surface area contributed by atoms with Gasteiger partial charge in [-0.2, -0.15) is 0 Å². The molecule has 7 aromatic rings. The van der Waals surface area contributed by atoms with Crippen LogP contribution in [0.1, 0.15) is 186 Å². The second-order valence-corrected chi connectivity index (χ2v) is 30.0. The molecule has 12 nitrogen and oxygen atoms in total. The van der Waals surface area contributed by atoms with Gasteiger partial charge in [-0.1, -0.05) is 152 Å². The summed E-state index contributed by atoms with van der Waals surface area (Å²) in [4.78, 5) is 5.22. The molecule has 5 aliphatic heterocycles. The zero-order chi connectivity index (χ0) is 63.2. The minimum absolute atomic E-state index is 0. The molecule has 0 amide bonds. The van der Waals surface area contributed by atoms with Gasteiger partial charge < -0.3 is 45.9 Å². The van der Waals surface area contributed by atoms with Crippen LogP contribution in [0.4, 0.5) is 0 Å². The zero-order valence-electron chi connectivity index (χ0n) is 53.2. The van der Waals surface area contributed by atoms with Crippen molar-refractivity contribution in [2.45, 2.75) is 162 Å². The van der Waals surface area contributed by atoms with Crippen LogP contribution >= 0.6 is 0 Å². The van der Waals surface area contributed by atoms with E-state index in [1.165, 1.54) is 27.5 Å². The van der Waals surface area contributed by atoms with Gasteiger partial charge in [0.25, 0.3) is 0 Å². The molecule has 1 saturated heterocycles. The van der Waals surface area contributed by atoms with E-state index in [-0.39, 0.29) is 102 Å². The Bertz CT molecular complexity index is 4290. The Hall–Kier alpha value is -6.54. The molecule has 7 aromatic carbocycles. The summed E-state index contributed by atoms with van der Waals surface area (Å²) in [6, 6.07) is 47.0. The molecule has 0 aromatic heterocycles. The molecule has 474 valence electrons. The van der Waals surface area contributed by atoms with E-state index in [0.29, 0.717) is 68.2 Å². The molecule has 15 atom stereocenters. The van der Waals surface area contributed by atoms with Crippen molar-refractivity contribution in [2.24, 2.45) is 46.0 Å². The van der Waals surface area contributed by atoms with Crippen LogP contribution in [0.25, 0.3) is 16.8 Å². The van der Waals surface area contributed by atoms with Gasteiger partial charge in [0.15, 0.2) is 5.96 Å². The smallest absolute Gasteiger partial charge is 0.748 e. The fourth-order valence-corrected chi connectivity index (χ4v) is 19.5. The van der Waals surface area contributed by atoms with Crippen LogP contribution in [0, 0.1) is 41.4 Å². The van der Waals surface area contributed by atoms with Gasteiger partial charge in [-0.25, -0.2) is 13.4 Å². The molecule has 93 heavy (non-hydrogen) atoms. The van der Waals surface area contributed by atoms with Gasteiger partial charge in [0.05, 0.1) is 33.2 Å². The number of hydrogen-bond acceptors (Lipinski definition) is 10. The maximum atomic E-state index is 14.5. The van der Waals surface area contributed by atoms with E-state index in [0.717, 1.165) is 82.2 Å². The summed E-state index contributed by atoms with van der Waals surface area (Å²) in [6.45, 7) is 2.07. The number of aliphatic hydroxyl groups excluding tert-OH is 2. The first-order valence-electron chi connectivity index (χ1n) is 33.5. The van der Waals surface area contributed by atoms with Gasteiger partial charge in [0.1, 0.15) is 17.6 Å². The van der Waals surface area contributed by atoms with Crippen molar-refractivity contribution in [1.29, 1.82) is 0 Å². The summed E-state index contributed by atoms with van der Waals surface area (Å²) >= 11 is 0. The first kappa shape index (κ1) is 63.8. The summed E-state index contributed by atoms with van der Waals surface area (Å²) in [7, 11) is -4.97. The second kappa shape index (κ2) is 25.6. The van der Waals surface area contributed by atoms with Crippen LogP contribution < -0.4 is 45.8 Å². The van der Waals surface area contributed by atoms with Crippen LogP contribution in [-0.2, 0) is 46.3 Å². The Labute approximate surface area is 568 Å². The second-order valence-electron chi connectivity index (χ2n) is 28.4. The molecule has 10 bridgehead atoms. The van der Waals surface area contributed by atoms with Crippen LogP contribution in [-0.4, -0.2) is 62.9 Å². The number of fused-ring (bicyclic) bond motifs is 10. The monoisotopic (exact) mass is 1270 g/mol. The maximum Gasteiger partial charge on any atom is 1.00 e. The van der Waals surface area contributed by atoms with E-state index in [1.807, 2.05) is 72.8 Å². The molecule has 0 spiro atoms. The standard InChI is InChI=1S/C79H83N3O9S.Na/c1-46-15-16-56-39-63-28-32-65(56)69(46)42-71(92(87,88)89)70-41-59-37-58(40-64-35-48(45-83)10-5-13-54-38-62(84)27-31-67(54)76(59)90-64)72(70)51-21-25-60(26-22-51)79(91-63,82-77(80)81)44-61(34-47-8-3-2-4-9-47)78(86)33-7-14-57(43-78)53-24-29-66-55(36-53)20-19-52-18-17-49-11-6-12-50-23-30-68(75(66)85)74(52)73(49)50;/h2-4,6,8-9,11-12,17-18,21-32,36,38-39,41,46,48,57-58,61,64,68-72,75-76,83-86H,7,10,14-16,19-20,33-35,37,40,42-45H2,1H3,(H4,80,81,82)(H,87,88,89);/q;+1/p-1. The van der Waals surface area contributed by atoms with Crippen molar-refractivity contribution in [3.63, 3.8) is 0 Å². The number of nitrogens with two attached hydrogens (primary N) is 2. The van der Waals surface area contributed by atoms with Gasteiger partial charge in [0.2, 0.25) is 5.72 Å². The SMILES string of the molecule is CC1CCc2cc3ccc2C1CC(S(=O)(=O)[O-])C1C=C2CC(CC4CC(CO)CC#Cc5cc(O)ccc5C2O4)C1c1ccc(cc1)C(CC(Cc1ccccc1)C1(O)CCCC(c2ccc4c(c2)CCc2ccc5cccc6c5c2C(C=C6)C4O)C1)(N=C(N)N)O3.[Na+]. The number of phenolic OH excluding ortho intramolecular Hbond substituents is 1. The van der Waals surface area contributed by atoms with Crippen LogP contribution in [0.5, 0.6) is 11.5 Å². The fraction of sp³-hybridized carbons (Fsp3) is 0.405. The number of benzene rings is 7. The van der Waals surface area contributed by atoms with Crippen LogP contribution in [0.3, 0.4) is 0 Å². The molecule has 5 aliphatic carbocycles. The number of nitrogens with zero attached hydrogens (tertiary/aromatic N) is 1. The Balaban J connectivity index is 0.00000749. The molecular weight excluding hydrogens is 1190 g/mol. The predicted octanol–water partition coefficient (Wildman–Crippen LogP) is 10.2. The molecule has 8 N–H and O–H groups in total. The normalized spacial score (nSPS) is 30.2. The summed E-state index contributed by atoms with van der Waals surface area (Å²) in [5, 5.41) is 49.0. The van der Waals surface area contributed by atoms with Crippen molar-refractivity contribution in [2.75, 3.05) is 6.61 Å². The number of aromatic hydroxyl groups is 1. The van der Waals surface area contributed by atoms with Gasteiger partial charge in [-0.05, 0) is 227 Å². The van der Waals surface area contributed by atoms with Gasteiger partial charge in [0, 0.05) is 42.1 Å². The van der Waals surface area contributed by atoms with Crippen molar-refractivity contribution in [3.8, 4) is 23.3 Å². The number of phenols is 1. The van der Waals surface area contributed by atoms with Crippen LogP contribution in [0.15, 0.2) is 162 Å². The molecule has 17 rings (SSSR count). The van der Waals surface area contributed by atoms with Crippen molar-refractivity contribution < 1.29 is 72.4 Å². The van der Waals surface area contributed by atoms with E-state index < -0.39 is 56.7 Å². The Morgan fingerprint density at radius 2 is 1.62 bits per heavy atom. The minimum atomic E-state index is -4.97. The van der Waals surface area contributed by atoms with Crippen LogP contribution in [0.2, 0.25) is 0 Å². The summed E-state index contributed by atoms with van der Waals surface area (Å²) in [5.41, 5.74) is 24.2. The van der Waals surface area contributed by atoms with E-state index >= 15 is 0 Å². The Morgan fingerprint density at radius 3 is 2.43 bits per heavy atom. The molecule has 2 fully saturated rings. The van der Waals surface area contributed by atoms with E-state index in [4.69, 9.17) is 25.9 Å². The Kier molecular flexibility index (Phi) is 17.5. The molecular formula is C79H82N3NaO9S. The average molecular weight is 1270 g/mol. The maximum absolute atomic E-state index is 14.5.